The molecule has 156 valence electrons. The third kappa shape index (κ3) is 4.13. The van der Waals surface area contributed by atoms with Gasteiger partial charge in [-0.3, -0.25) is 9.78 Å². The average molecular weight is 410 g/mol. The monoisotopic (exact) mass is 410 g/mol. The van der Waals surface area contributed by atoms with Gasteiger partial charge in [0.05, 0.1) is 11.9 Å². The van der Waals surface area contributed by atoms with Gasteiger partial charge in [0.15, 0.2) is 5.78 Å². The van der Waals surface area contributed by atoms with Crippen LogP contribution in [0.2, 0.25) is 0 Å². The van der Waals surface area contributed by atoms with Crippen molar-refractivity contribution in [3.05, 3.63) is 71.2 Å². The zero-order valence-electron chi connectivity index (χ0n) is 17.0. The standard InChI is InChI=1S/C24H24F2N2O2/c1-24(2)11-18-22(19(29)12-24)17(10-15-6-4-3-5-7-15)23(28-18)16-8-9-27-13-20(16)30-14-21(25)26/h3-9,13,21,28H,10-12,14H2,1-2H3. The Morgan fingerprint density at radius 3 is 2.67 bits per heavy atom. The summed E-state index contributed by atoms with van der Waals surface area (Å²) in [5.74, 6) is 0.385. The highest BCUT2D eigenvalue weighted by atomic mass is 19.3. The van der Waals surface area contributed by atoms with Crippen molar-refractivity contribution in [2.75, 3.05) is 6.61 Å². The molecule has 0 spiro atoms. The molecule has 2 aromatic heterocycles. The van der Waals surface area contributed by atoms with Crippen LogP contribution in [0.25, 0.3) is 11.3 Å². The molecule has 0 unspecified atom stereocenters. The van der Waals surface area contributed by atoms with Crippen LogP contribution in [-0.2, 0) is 12.8 Å². The molecule has 0 bridgehead atoms. The second-order valence-electron chi connectivity index (χ2n) is 8.51. The van der Waals surface area contributed by atoms with Crippen molar-refractivity contribution < 1.29 is 18.3 Å². The highest BCUT2D eigenvalue weighted by Crippen LogP contribution is 2.42. The molecule has 1 N–H and O–H groups in total. The zero-order valence-corrected chi connectivity index (χ0v) is 17.0. The van der Waals surface area contributed by atoms with Gasteiger partial charge in [-0.2, -0.15) is 0 Å². The van der Waals surface area contributed by atoms with Crippen LogP contribution in [0.3, 0.4) is 0 Å². The number of pyridine rings is 1. The molecule has 0 fully saturated rings. The van der Waals surface area contributed by atoms with Gasteiger partial charge in [-0.25, -0.2) is 8.78 Å². The molecule has 4 nitrogen and oxygen atoms in total. The Hall–Kier alpha value is -3.02. The topological polar surface area (TPSA) is 55.0 Å². The molecule has 4 rings (SSSR count). The van der Waals surface area contributed by atoms with Crippen molar-refractivity contribution >= 4 is 5.78 Å². The Morgan fingerprint density at radius 1 is 1.17 bits per heavy atom. The average Bonchev–Trinajstić information content (AvgIpc) is 3.04. The molecule has 0 saturated carbocycles. The molecule has 30 heavy (non-hydrogen) atoms. The van der Waals surface area contributed by atoms with Crippen molar-refractivity contribution in [2.24, 2.45) is 5.41 Å². The van der Waals surface area contributed by atoms with E-state index in [9.17, 15) is 13.6 Å². The normalized spacial score (nSPS) is 15.3. The van der Waals surface area contributed by atoms with Crippen molar-refractivity contribution in [3.8, 4) is 17.0 Å². The van der Waals surface area contributed by atoms with Crippen LogP contribution < -0.4 is 4.74 Å². The van der Waals surface area contributed by atoms with E-state index in [1.807, 2.05) is 30.3 Å². The lowest BCUT2D eigenvalue weighted by Crippen LogP contribution is -2.27. The van der Waals surface area contributed by atoms with E-state index in [2.05, 4.69) is 23.8 Å². The van der Waals surface area contributed by atoms with E-state index >= 15 is 0 Å². The van der Waals surface area contributed by atoms with Gasteiger partial charge in [-0.15, -0.1) is 0 Å². The predicted molar refractivity (Wildman–Crippen MR) is 111 cm³/mol. The van der Waals surface area contributed by atoms with E-state index in [-0.39, 0.29) is 16.9 Å². The highest BCUT2D eigenvalue weighted by molar-refractivity contribution is 6.02. The molecule has 0 atom stereocenters. The minimum Gasteiger partial charge on any atom is -0.485 e. The number of Topliss-reactive ketones (excluding diaryl/α,β-unsaturated/α-hetero) is 1. The van der Waals surface area contributed by atoms with Crippen molar-refractivity contribution in [2.45, 2.75) is 39.5 Å². The lowest BCUT2D eigenvalue weighted by atomic mass is 9.75. The summed E-state index contributed by atoms with van der Waals surface area (Å²) in [5, 5.41) is 0. The lowest BCUT2D eigenvalue weighted by Gasteiger charge is -2.28. The number of aromatic nitrogens is 2. The molecular weight excluding hydrogens is 386 g/mol. The number of benzene rings is 1. The third-order valence-corrected chi connectivity index (χ3v) is 5.40. The maximum atomic E-state index is 13.1. The molecule has 0 radical (unpaired) electrons. The Balaban J connectivity index is 1.85. The number of nitrogens with zero attached hydrogens (tertiary/aromatic N) is 1. The fraction of sp³-hybridized carbons (Fsp3) is 0.333. The van der Waals surface area contributed by atoms with E-state index in [0.29, 0.717) is 18.4 Å². The number of ketones is 1. The number of nitrogens with one attached hydrogen (secondary N) is 1. The van der Waals surface area contributed by atoms with Crippen LogP contribution in [0.15, 0.2) is 48.8 Å². The summed E-state index contributed by atoms with van der Waals surface area (Å²) in [5.41, 5.74) is 4.81. The minimum absolute atomic E-state index is 0.110. The number of carbonyl (C=O) groups is 1. The van der Waals surface area contributed by atoms with Crippen molar-refractivity contribution in [1.29, 1.82) is 0 Å². The van der Waals surface area contributed by atoms with E-state index in [0.717, 1.165) is 34.5 Å². The number of hydrogen-bond acceptors (Lipinski definition) is 3. The van der Waals surface area contributed by atoms with Gasteiger partial charge in [-0.1, -0.05) is 44.2 Å². The molecule has 6 heteroatoms. The first-order valence-electron chi connectivity index (χ1n) is 10.0. The number of ether oxygens (including phenoxy) is 1. The quantitative estimate of drug-likeness (QED) is 0.587. The SMILES string of the molecule is CC1(C)CC(=O)c2c([nH]c(-c3ccncc3OCC(F)F)c2Cc2ccccc2)C1. The van der Waals surface area contributed by atoms with E-state index in [4.69, 9.17) is 4.74 Å². The van der Waals surface area contributed by atoms with Gasteiger partial charge in [0, 0.05) is 35.9 Å². The lowest BCUT2D eigenvalue weighted by molar-refractivity contribution is 0.0820. The summed E-state index contributed by atoms with van der Waals surface area (Å²) in [4.78, 5) is 20.6. The Kier molecular flexibility index (Phi) is 5.41. The van der Waals surface area contributed by atoms with Crippen LogP contribution in [0.5, 0.6) is 5.75 Å². The number of carbonyl (C=O) groups excluding carboxylic acids is 1. The second kappa shape index (κ2) is 8.01. The number of aromatic amines is 1. The van der Waals surface area contributed by atoms with Gasteiger partial charge in [0.1, 0.15) is 12.4 Å². The van der Waals surface area contributed by atoms with Crippen LogP contribution >= 0.6 is 0 Å². The maximum absolute atomic E-state index is 13.1. The van der Waals surface area contributed by atoms with Crippen molar-refractivity contribution in [3.63, 3.8) is 0 Å². The maximum Gasteiger partial charge on any atom is 0.272 e. The van der Waals surface area contributed by atoms with E-state index in [1.165, 1.54) is 6.20 Å². The number of halogens is 2. The molecule has 1 aromatic carbocycles. The Morgan fingerprint density at radius 2 is 1.93 bits per heavy atom. The predicted octanol–water partition coefficient (Wildman–Crippen LogP) is 5.47. The summed E-state index contributed by atoms with van der Waals surface area (Å²) >= 11 is 0. The molecule has 0 aliphatic heterocycles. The van der Waals surface area contributed by atoms with Crippen LogP contribution in [0.4, 0.5) is 8.78 Å². The largest absolute Gasteiger partial charge is 0.485 e. The van der Waals surface area contributed by atoms with Gasteiger partial charge in [0.2, 0.25) is 0 Å². The fourth-order valence-corrected chi connectivity index (χ4v) is 4.19. The first kappa shape index (κ1) is 20.3. The Bertz CT molecular complexity index is 1060. The number of fused-ring (bicyclic) bond motifs is 1. The fourth-order valence-electron chi connectivity index (χ4n) is 4.19. The number of H-pyrrole nitrogens is 1. The molecular formula is C24H24F2N2O2. The summed E-state index contributed by atoms with van der Waals surface area (Å²) in [6, 6.07) is 11.6. The smallest absolute Gasteiger partial charge is 0.272 e. The van der Waals surface area contributed by atoms with Gasteiger partial charge in [-0.05, 0) is 29.0 Å². The summed E-state index contributed by atoms with van der Waals surface area (Å²) in [7, 11) is 0. The molecule has 1 aliphatic rings. The number of rotatable bonds is 6. The first-order valence-corrected chi connectivity index (χ1v) is 10.0. The molecule has 0 amide bonds. The first-order chi connectivity index (χ1) is 14.3. The van der Waals surface area contributed by atoms with Gasteiger partial charge >= 0.3 is 0 Å². The highest BCUT2D eigenvalue weighted by Gasteiger charge is 2.35. The minimum atomic E-state index is -2.58. The summed E-state index contributed by atoms with van der Waals surface area (Å²) in [6.07, 6.45) is 2.24. The van der Waals surface area contributed by atoms with Crippen molar-refractivity contribution in [1.82, 2.24) is 9.97 Å². The van der Waals surface area contributed by atoms with Crippen LogP contribution in [-0.4, -0.2) is 28.8 Å². The Labute approximate surface area is 174 Å². The van der Waals surface area contributed by atoms with Crippen LogP contribution in [0.1, 0.15) is 47.4 Å². The van der Waals surface area contributed by atoms with Gasteiger partial charge in [0.25, 0.3) is 6.43 Å². The molecule has 2 heterocycles. The second-order valence-corrected chi connectivity index (χ2v) is 8.51. The number of hydrogen-bond donors (Lipinski definition) is 1. The van der Waals surface area contributed by atoms with E-state index in [1.54, 1.807) is 12.3 Å². The third-order valence-electron chi connectivity index (χ3n) is 5.40. The van der Waals surface area contributed by atoms with Gasteiger partial charge < -0.3 is 9.72 Å². The zero-order chi connectivity index (χ0) is 21.3. The van der Waals surface area contributed by atoms with E-state index < -0.39 is 13.0 Å². The molecule has 1 aliphatic carbocycles. The molecule has 3 aromatic rings. The molecule has 0 saturated heterocycles. The summed E-state index contributed by atoms with van der Waals surface area (Å²) in [6.45, 7) is 3.45. The van der Waals surface area contributed by atoms with Crippen LogP contribution in [0, 0.1) is 5.41 Å². The number of alkyl halides is 2. The summed E-state index contributed by atoms with van der Waals surface area (Å²) < 4.78 is 30.8.